The van der Waals surface area contributed by atoms with Crippen LogP contribution in [0.5, 0.6) is 0 Å². The Morgan fingerprint density at radius 2 is 2.12 bits per heavy atom. The van der Waals surface area contributed by atoms with E-state index in [9.17, 15) is 0 Å². The van der Waals surface area contributed by atoms with Crippen LogP contribution in [0.4, 0.5) is 0 Å². The fourth-order valence-corrected chi connectivity index (χ4v) is 2.26. The molecule has 2 heterocycles. The third-order valence-electron chi connectivity index (χ3n) is 3.16. The number of hydrogen-bond donors (Lipinski definition) is 1. The zero-order valence-electron chi connectivity index (χ0n) is 9.64. The van der Waals surface area contributed by atoms with Gasteiger partial charge in [0.15, 0.2) is 0 Å². The lowest BCUT2D eigenvalue weighted by molar-refractivity contribution is 0.0378. The molecule has 1 aromatic rings. The molecule has 0 spiro atoms. The molecule has 1 aliphatic rings. The van der Waals surface area contributed by atoms with Crippen LogP contribution in [0.25, 0.3) is 0 Å². The summed E-state index contributed by atoms with van der Waals surface area (Å²) in [6, 6.07) is 4.11. The van der Waals surface area contributed by atoms with Crippen LogP contribution in [-0.4, -0.2) is 23.7 Å². The topological polar surface area (TPSA) is 48.1 Å². The van der Waals surface area contributed by atoms with Crippen LogP contribution in [0, 0.1) is 0 Å². The molecule has 1 fully saturated rings. The molecule has 2 atom stereocenters. The molecular weight excluding hydrogens is 200 g/mol. The van der Waals surface area contributed by atoms with Gasteiger partial charge in [-0.3, -0.25) is 4.98 Å². The Morgan fingerprint density at radius 3 is 2.81 bits per heavy atom. The van der Waals surface area contributed by atoms with Crippen LogP contribution in [0.1, 0.15) is 31.2 Å². The maximum Gasteiger partial charge on any atom is 0.0591 e. The van der Waals surface area contributed by atoms with Gasteiger partial charge in [0.1, 0.15) is 0 Å². The maximum absolute atomic E-state index is 5.92. The van der Waals surface area contributed by atoms with Crippen LogP contribution in [0.3, 0.4) is 0 Å². The second-order valence-electron chi connectivity index (χ2n) is 4.43. The van der Waals surface area contributed by atoms with Crippen molar-refractivity contribution in [3.05, 3.63) is 30.1 Å². The average molecular weight is 220 g/mol. The van der Waals surface area contributed by atoms with Gasteiger partial charge >= 0.3 is 0 Å². The van der Waals surface area contributed by atoms with Crippen molar-refractivity contribution < 1.29 is 4.74 Å². The zero-order valence-corrected chi connectivity index (χ0v) is 9.64. The van der Waals surface area contributed by atoms with E-state index in [1.54, 1.807) is 0 Å². The minimum Gasteiger partial charge on any atom is -0.375 e. The summed E-state index contributed by atoms with van der Waals surface area (Å²) in [5.74, 6) is 0. The summed E-state index contributed by atoms with van der Waals surface area (Å²) in [6.07, 6.45) is 10.1. The van der Waals surface area contributed by atoms with Gasteiger partial charge < -0.3 is 10.5 Å². The van der Waals surface area contributed by atoms with Gasteiger partial charge in [0, 0.05) is 12.4 Å². The number of aromatic nitrogens is 1. The van der Waals surface area contributed by atoms with Gasteiger partial charge in [-0.2, -0.15) is 0 Å². The van der Waals surface area contributed by atoms with E-state index in [0.717, 1.165) is 25.8 Å². The molecule has 3 heteroatoms. The van der Waals surface area contributed by atoms with Crippen molar-refractivity contribution in [2.24, 2.45) is 5.73 Å². The highest BCUT2D eigenvalue weighted by Gasteiger charge is 2.23. The fourth-order valence-electron chi connectivity index (χ4n) is 2.26. The molecule has 2 unspecified atom stereocenters. The summed E-state index contributed by atoms with van der Waals surface area (Å²) in [5, 5.41) is 0. The first-order chi connectivity index (χ1) is 7.88. The fraction of sp³-hybridized carbons (Fsp3) is 0.615. The molecule has 0 radical (unpaired) electrons. The number of aryl methyl sites for hydroxylation is 1. The molecule has 1 saturated heterocycles. The van der Waals surface area contributed by atoms with Crippen molar-refractivity contribution >= 4 is 0 Å². The number of rotatable bonds is 5. The second-order valence-corrected chi connectivity index (χ2v) is 4.43. The largest absolute Gasteiger partial charge is 0.375 e. The standard InChI is InChI=1S/C13H20N2O/c14-8-7-13-6-5-12(16-13)4-3-11-2-1-9-15-10-11/h1-2,9-10,12-13H,3-8,14H2. The van der Waals surface area contributed by atoms with E-state index in [-0.39, 0.29) is 0 Å². The molecule has 0 saturated carbocycles. The second kappa shape index (κ2) is 5.97. The lowest BCUT2D eigenvalue weighted by atomic mass is 10.1. The van der Waals surface area contributed by atoms with Gasteiger partial charge in [-0.25, -0.2) is 0 Å². The quantitative estimate of drug-likeness (QED) is 0.824. The van der Waals surface area contributed by atoms with E-state index in [0.29, 0.717) is 12.2 Å². The number of ether oxygens (including phenoxy) is 1. The van der Waals surface area contributed by atoms with Crippen molar-refractivity contribution in [3.63, 3.8) is 0 Å². The van der Waals surface area contributed by atoms with Crippen LogP contribution < -0.4 is 5.73 Å². The highest BCUT2D eigenvalue weighted by Crippen LogP contribution is 2.24. The summed E-state index contributed by atoms with van der Waals surface area (Å²) >= 11 is 0. The first-order valence-corrected chi connectivity index (χ1v) is 6.13. The Bertz CT molecular complexity index is 302. The summed E-state index contributed by atoms with van der Waals surface area (Å²) in [5.41, 5.74) is 6.83. The first-order valence-electron chi connectivity index (χ1n) is 6.13. The van der Waals surface area contributed by atoms with E-state index >= 15 is 0 Å². The number of nitrogens with zero attached hydrogens (tertiary/aromatic N) is 1. The summed E-state index contributed by atoms with van der Waals surface area (Å²) in [4.78, 5) is 4.12. The van der Waals surface area contributed by atoms with E-state index in [2.05, 4.69) is 11.1 Å². The predicted octanol–water partition coefficient (Wildman–Crippen LogP) is 1.91. The first kappa shape index (κ1) is 11.6. The van der Waals surface area contributed by atoms with Crippen molar-refractivity contribution in [3.8, 4) is 0 Å². The molecule has 0 aromatic carbocycles. The van der Waals surface area contributed by atoms with Gasteiger partial charge in [-0.15, -0.1) is 0 Å². The summed E-state index contributed by atoms with van der Waals surface area (Å²) in [7, 11) is 0. The minimum atomic E-state index is 0.406. The Kier molecular flexibility index (Phi) is 4.31. The van der Waals surface area contributed by atoms with Gasteiger partial charge in [0.25, 0.3) is 0 Å². The number of hydrogen-bond acceptors (Lipinski definition) is 3. The van der Waals surface area contributed by atoms with Gasteiger partial charge in [-0.05, 0) is 50.3 Å². The van der Waals surface area contributed by atoms with E-state index in [1.165, 1.54) is 18.4 Å². The van der Waals surface area contributed by atoms with Crippen LogP contribution >= 0.6 is 0 Å². The lowest BCUT2D eigenvalue weighted by Gasteiger charge is -2.12. The van der Waals surface area contributed by atoms with E-state index in [4.69, 9.17) is 10.5 Å². The Labute approximate surface area is 97.0 Å². The molecule has 3 nitrogen and oxygen atoms in total. The predicted molar refractivity (Wildman–Crippen MR) is 64.1 cm³/mol. The number of nitrogens with two attached hydrogens (primary N) is 1. The zero-order chi connectivity index (χ0) is 11.2. The smallest absolute Gasteiger partial charge is 0.0591 e. The maximum atomic E-state index is 5.92. The highest BCUT2D eigenvalue weighted by atomic mass is 16.5. The third kappa shape index (κ3) is 3.29. The van der Waals surface area contributed by atoms with Crippen molar-refractivity contribution in [1.82, 2.24) is 4.98 Å². The highest BCUT2D eigenvalue weighted by molar-refractivity contribution is 5.08. The van der Waals surface area contributed by atoms with Gasteiger partial charge in [-0.1, -0.05) is 6.07 Å². The molecule has 2 N–H and O–H groups in total. The number of pyridine rings is 1. The summed E-state index contributed by atoms with van der Waals surface area (Å²) < 4.78 is 5.92. The molecular formula is C13H20N2O. The minimum absolute atomic E-state index is 0.406. The van der Waals surface area contributed by atoms with Crippen molar-refractivity contribution in [2.75, 3.05) is 6.54 Å². The van der Waals surface area contributed by atoms with E-state index in [1.807, 2.05) is 18.5 Å². The molecule has 1 aromatic heterocycles. The lowest BCUT2D eigenvalue weighted by Crippen LogP contribution is -2.15. The molecule has 1 aliphatic heterocycles. The Morgan fingerprint density at radius 1 is 1.31 bits per heavy atom. The Balaban J connectivity index is 1.72. The van der Waals surface area contributed by atoms with Crippen LogP contribution in [0.2, 0.25) is 0 Å². The molecule has 16 heavy (non-hydrogen) atoms. The Hall–Kier alpha value is -0.930. The molecule has 2 rings (SSSR count). The van der Waals surface area contributed by atoms with Gasteiger partial charge in [0.2, 0.25) is 0 Å². The molecule has 0 aliphatic carbocycles. The normalized spacial score (nSPS) is 24.8. The van der Waals surface area contributed by atoms with Crippen LogP contribution in [0.15, 0.2) is 24.5 Å². The monoisotopic (exact) mass is 220 g/mol. The summed E-state index contributed by atoms with van der Waals surface area (Å²) in [6.45, 7) is 0.736. The van der Waals surface area contributed by atoms with Gasteiger partial charge in [0.05, 0.1) is 12.2 Å². The molecule has 88 valence electrons. The molecule has 0 bridgehead atoms. The van der Waals surface area contributed by atoms with Crippen molar-refractivity contribution in [2.45, 2.75) is 44.3 Å². The average Bonchev–Trinajstić information content (AvgIpc) is 2.76. The molecule has 0 amide bonds. The van der Waals surface area contributed by atoms with Crippen molar-refractivity contribution in [1.29, 1.82) is 0 Å². The van der Waals surface area contributed by atoms with E-state index < -0.39 is 0 Å². The SMILES string of the molecule is NCCC1CCC(CCc2cccnc2)O1. The third-order valence-corrected chi connectivity index (χ3v) is 3.16. The van der Waals surface area contributed by atoms with Crippen LogP contribution in [-0.2, 0) is 11.2 Å².